The van der Waals surface area contributed by atoms with Gasteiger partial charge >= 0.3 is 0 Å². The Morgan fingerprint density at radius 3 is 2.46 bits per heavy atom. The van der Waals surface area contributed by atoms with Crippen molar-refractivity contribution in [2.75, 3.05) is 6.61 Å². The highest BCUT2D eigenvalue weighted by atomic mass is 32.2. The maximum Gasteiger partial charge on any atom is 0.290 e. The number of hydrogen-bond donors (Lipinski definition) is 1. The molecule has 0 aliphatic carbocycles. The molecule has 0 bridgehead atoms. The zero-order chi connectivity index (χ0) is 20.3. The first kappa shape index (κ1) is 19.9. The minimum absolute atomic E-state index is 0.271. The molecule has 1 fully saturated rings. The molecule has 1 aliphatic heterocycles. The molecule has 0 radical (unpaired) electrons. The predicted octanol–water partition coefficient (Wildman–Crippen LogP) is 3.70. The van der Waals surface area contributed by atoms with Crippen molar-refractivity contribution in [1.29, 1.82) is 0 Å². The standard InChI is InChI=1S/C20H21N3O4S/c1-5-26-17-8-14(9-18-19(24)23-20(25)28-18)6-7-16(17)27-10-15-13(4)21-11(2)12(3)22-15/h6-9H,5,10H2,1-4H3,(H,23,24,25)/b18-9-. The van der Waals surface area contributed by atoms with Gasteiger partial charge in [0.25, 0.3) is 11.1 Å². The normalized spacial score (nSPS) is 15.1. The van der Waals surface area contributed by atoms with E-state index in [1.165, 1.54) is 0 Å². The lowest BCUT2D eigenvalue weighted by Gasteiger charge is -2.14. The molecule has 1 aromatic carbocycles. The van der Waals surface area contributed by atoms with Crippen LogP contribution in [0.4, 0.5) is 4.79 Å². The molecule has 1 saturated heterocycles. The van der Waals surface area contributed by atoms with Crippen molar-refractivity contribution in [1.82, 2.24) is 15.3 Å². The van der Waals surface area contributed by atoms with Crippen LogP contribution in [0.2, 0.25) is 0 Å². The second-order valence-electron chi connectivity index (χ2n) is 6.21. The number of carbonyl (C=O) groups is 2. The number of benzene rings is 1. The number of thioether (sulfide) groups is 1. The van der Waals surface area contributed by atoms with Crippen LogP contribution in [0.5, 0.6) is 11.5 Å². The molecule has 2 amide bonds. The van der Waals surface area contributed by atoms with Gasteiger partial charge in [-0.1, -0.05) is 6.07 Å². The van der Waals surface area contributed by atoms with E-state index >= 15 is 0 Å². The summed E-state index contributed by atoms with van der Waals surface area (Å²) < 4.78 is 11.6. The van der Waals surface area contributed by atoms with E-state index in [2.05, 4.69) is 15.3 Å². The van der Waals surface area contributed by atoms with E-state index in [1.54, 1.807) is 24.3 Å². The number of aryl methyl sites for hydroxylation is 3. The van der Waals surface area contributed by atoms with Crippen LogP contribution < -0.4 is 14.8 Å². The van der Waals surface area contributed by atoms with Crippen LogP contribution in [0.3, 0.4) is 0 Å². The van der Waals surface area contributed by atoms with Crippen LogP contribution >= 0.6 is 11.8 Å². The summed E-state index contributed by atoms with van der Waals surface area (Å²) in [5, 5.41) is 1.87. The van der Waals surface area contributed by atoms with Crippen LogP contribution in [0, 0.1) is 20.8 Å². The van der Waals surface area contributed by atoms with Gasteiger partial charge in [0.05, 0.1) is 34.3 Å². The molecule has 3 rings (SSSR count). The molecule has 0 unspecified atom stereocenters. The minimum Gasteiger partial charge on any atom is -0.490 e. The highest BCUT2D eigenvalue weighted by Gasteiger charge is 2.25. The lowest BCUT2D eigenvalue weighted by atomic mass is 10.2. The summed E-state index contributed by atoms with van der Waals surface area (Å²) in [6.07, 6.45) is 1.65. The van der Waals surface area contributed by atoms with E-state index in [4.69, 9.17) is 9.47 Å². The van der Waals surface area contributed by atoms with Gasteiger partial charge in [0.2, 0.25) is 0 Å². The van der Waals surface area contributed by atoms with Crippen LogP contribution in [0.25, 0.3) is 6.08 Å². The Morgan fingerprint density at radius 1 is 1.04 bits per heavy atom. The van der Waals surface area contributed by atoms with Gasteiger partial charge in [0.15, 0.2) is 11.5 Å². The van der Waals surface area contributed by atoms with Crippen LogP contribution in [-0.4, -0.2) is 27.7 Å². The Hall–Kier alpha value is -2.87. The third kappa shape index (κ3) is 4.51. The summed E-state index contributed by atoms with van der Waals surface area (Å²) in [4.78, 5) is 32.4. The average Bonchev–Trinajstić information content (AvgIpc) is 2.95. The number of amides is 2. The molecule has 1 aliphatic rings. The first-order valence-electron chi connectivity index (χ1n) is 8.82. The molecule has 2 heterocycles. The number of rotatable bonds is 6. The van der Waals surface area contributed by atoms with Crippen molar-refractivity contribution in [3.63, 3.8) is 0 Å². The molecule has 0 atom stereocenters. The predicted molar refractivity (Wildman–Crippen MR) is 107 cm³/mol. The molecule has 146 valence electrons. The topological polar surface area (TPSA) is 90.4 Å². The first-order valence-corrected chi connectivity index (χ1v) is 9.64. The first-order chi connectivity index (χ1) is 13.4. The van der Waals surface area contributed by atoms with Gasteiger partial charge in [0, 0.05) is 0 Å². The number of hydrogen-bond acceptors (Lipinski definition) is 7. The Morgan fingerprint density at radius 2 is 1.79 bits per heavy atom. The summed E-state index contributed by atoms with van der Waals surface area (Å²) >= 11 is 0.878. The van der Waals surface area contributed by atoms with Crippen molar-refractivity contribution in [2.24, 2.45) is 0 Å². The number of nitrogens with zero attached hydrogens (tertiary/aromatic N) is 2. The van der Waals surface area contributed by atoms with Gasteiger partial charge in [-0.05, 0) is 63.2 Å². The molecule has 0 spiro atoms. The maximum atomic E-state index is 11.7. The van der Waals surface area contributed by atoms with Gasteiger partial charge < -0.3 is 9.47 Å². The Balaban J connectivity index is 1.82. The fourth-order valence-corrected chi connectivity index (χ4v) is 3.30. The van der Waals surface area contributed by atoms with Gasteiger partial charge in [-0.2, -0.15) is 0 Å². The molecule has 1 aromatic heterocycles. The van der Waals surface area contributed by atoms with Gasteiger partial charge in [-0.3, -0.25) is 24.9 Å². The van der Waals surface area contributed by atoms with Crippen LogP contribution in [0.1, 0.15) is 35.3 Å². The fraction of sp³-hybridized carbons (Fsp3) is 0.300. The van der Waals surface area contributed by atoms with Crippen LogP contribution in [0.15, 0.2) is 23.1 Å². The van der Waals surface area contributed by atoms with Crippen molar-refractivity contribution < 1.29 is 19.1 Å². The molecular formula is C20H21N3O4S. The highest BCUT2D eigenvalue weighted by Crippen LogP contribution is 2.32. The smallest absolute Gasteiger partial charge is 0.290 e. The SMILES string of the molecule is CCOc1cc(/C=C2\SC(=O)NC2=O)ccc1OCc1nc(C)c(C)nc1C. The largest absolute Gasteiger partial charge is 0.490 e. The van der Waals surface area contributed by atoms with E-state index < -0.39 is 5.91 Å². The molecule has 2 aromatic rings. The quantitative estimate of drug-likeness (QED) is 0.741. The molecule has 7 nitrogen and oxygen atoms in total. The lowest BCUT2D eigenvalue weighted by molar-refractivity contribution is -0.115. The van der Waals surface area contributed by atoms with Crippen molar-refractivity contribution in [2.45, 2.75) is 34.3 Å². The zero-order valence-electron chi connectivity index (χ0n) is 16.2. The molecular weight excluding hydrogens is 378 g/mol. The number of imide groups is 1. The summed E-state index contributed by atoms with van der Waals surface area (Å²) in [5.41, 5.74) is 4.12. The Kier molecular flexibility index (Phi) is 5.99. The number of ether oxygens (including phenoxy) is 2. The maximum absolute atomic E-state index is 11.7. The summed E-state index contributed by atoms with van der Waals surface area (Å²) in [6.45, 7) is 8.37. The van der Waals surface area contributed by atoms with E-state index in [0.717, 1.165) is 40.1 Å². The lowest BCUT2D eigenvalue weighted by Crippen LogP contribution is -2.17. The second kappa shape index (κ2) is 8.43. The number of nitrogens with one attached hydrogen (secondary N) is 1. The summed E-state index contributed by atoms with van der Waals surface area (Å²) in [7, 11) is 0. The van der Waals surface area contributed by atoms with Gasteiger partial charge in [0.1, 0.15) is 6.61 Å². The zero-order valence-corrected chi connectivity index (χ0v) is 17.0. The van der Waals surface area contributed by atoms with E-state index in [9.17, 15) is 9.59 Å². The monoisotopic (exact) mass is 399 g/mol. The second-order valence-corrected chi connectivity index (χ2v) is 7.22. The number of carbonyl (C=O) groups excluding carboxylic acids is 2. The molecule has 28 heavy (non-hydrogen) atoms. The summed E-state index contributed by atoms with van der Waals surface area (Å²) in [5.74, 6) is 0.737. The molecule has 0 saturated carbocycles. The molecule has 8 heteroatoms. The number of aromatic nitrogens is 2. The highest BCUT2D eigenvalue weighted by molar-refractivity contribution is 8.18. The Labute approximate surface area is 167 Å². The Bertz CT molecular complexity index is 972. The molecule has 1 N–H and O–H groups in total. The van der Waals surface area contributed by atoms with Gasteiger partial charge in [-0.15, -0.1) is 0 Å². The van der Waals surface area contributed by atoms with Crippen LogP contribution in [-0.2, 0) is 11.4 Å². The van der Waals surface area contributed by atoms with E-state index in [0.29, 0.717) is 23.0 Å². The third-order valence-corrected chi connectivity index (χ3v) is 4.96. The van der Waals surface area contributed by atoms with Crippen molar-refractivity contribution >= 4 is 29.0 Å². The van der Waals surface area contributed by atoms with E-state index in [1.807, 2.05) is 27.7 Å². The summed E-state index contributed by atoms with van der Waals surface area (Å²) in [6, 6.07) is 5.36. The van der Waals surface area contributed by atoms with Gasteiger partial charge in [-0.25, -0.2) is 0 Å². The average molecular weight is 399 g/mol. The minimum atomic E-state index is -0.392. The van der Waals surface area contributed by atoms with Crippen molar-refractivity contribution in [3.05, 3.63) is 51.4 Å². The van der Waals surface area contributed by atoms with E-state index in [-0.39, 0.29) is 11.8 Å². The third-order valence-electron chi connectivity index (χ3n) is 4.15. The van der Waals surface area contributed by atoms with Crippen molar-refractivity contribution in [3.8, 4) is 11.5 Å². The fourth-order valence-electron chi connectivity index (χ4n) is 2.62.